The first-order valence-corrected chi connectivity index (χ1v) is 11.0. The summed E-state index contributed by atoms with van der Waals surface area (Å²) in [5, 5.41) is 0. The third kappa shape index (κ3) is 3.96. The zero-order valence-electron chi connectivity index (χ0n) is 13.6. The number of nitrogens with zero attached hydrogens (tertiary/aromatic N) is 1. The molecule has 24 heavy (non-hydrogen) atoms. The fourth-order valence-electron chi connectivity index (χ4n) is 2.66. The Bertz CT molecular complexity index is 799. The van der Waals surface area contributed by atoms with Crippen LogP contribution in [-0.4, -0.2) is 52.6 Å². The van der Waals surface area contributed by atoms with E-state index in [9.17, 15) is 21.6 Å². The smallest absolute Gasteiger partial charge is 0.324 e. The Morgan fingerprint density at radius 1 is 1.12 bits per heavy atom. The quantitative estimate of drug-likeness (QED) is 0.717. The van der Waals surface area contributed by atoms with E-state index in [0.717, 1.165) is 17.0 Å². The molecule has 1 heterocycles. The van der Waals surface area contributed by atoms with Gasteiger partial charge in [-0.15, -0.1) is 0 Å². The molecular formula is C15H21NO6S2. The van der Waals surface area contributed by atoms with Gasteiger partial charge in [-0.3, -0.25) is 4.79 Å². The van der Waals surface area contributed by atoms with Crippen molar-refractivity contribution < 1.29 is 26.4 Å². The fourth-order valence-corrected chi connectivity index (χ4v) is 4.94. The second-order valence-corrected chi connectivity index (χ2v) is 9.53. The molecule has 1 aromatic carbocycles. The summed E-state index contributed by atoms with van der Waals surface area (Å²) in [5.74, 6) is -0.548. The lowest BCUT2D eigenvalue weighted by Gasteiger charge is -2.32. The van der Waals surface area contributed by atoms with Gasteiger partial charge in [0.15, 0.2) is 9.84 Å². The monoisotopic (exact) mass is 375 g/mol. The third-order valence-corrected chi connectivity index (χ3v) is 6.92. The Morgan fingerprint density at radius 2 is 1.71 bits per heavy atom. The maximum atomic E-state index is 12.8. The van der Waals surface area contributed by atoms with E-state index in [1.165, 1.54) is 24.3 Å². The van der Waals surface area contributed by atoms with Crippen LogP contribution < -0.4 is 0 Å². The van der Waals surface area contributed by atoms with Gasteiger partial charge in [-0.25, -0.2) is 16.8 Å². The van der Waals surface area contributed by atoms with Gasteiger partial charge >= 0.3 is 5.97 Å². The van der Waals surface area contributed by atoms with Gasteiger partial charge in [0.2, 0.25) is 10.0 Å². The van der Waals surface area contributed by atoms with E-state index in [2.05, 4.69) is 0 Å². The molecule has 1 aromatic rings. The second-order valence-electron chi connectivity index (χ2n) is 5.62. The Morgan fingerprint density at radius 3 is 2.25 bits per heavy atom. The second kappa shape index (κ2) is 7.20. The van der Waals surface area contributed by atoms with Crippen LogP contribution in [0, 0.1) is 0 Å². The SMILES string of the molecule is CCOC(=O)C1CCCCN1S(=O)(=O)c1ccc(S(C)(=O)=O)cc1. The molecule has 0 amide bonds. The molecule has 1 saturated heterocycles. The molecule has 0 N–H and O–H groups in total. The van der Waals surface area contributed by atoms with Crippen LogP contribution >= 0.6 is 0 Å². The zero-order valence-corrected chi connectivity index (χ0v) is 15.3. The number of esters is 1. The molecule has 7 nitrogen and oxygen atoms in total. The van der Waals surface area contributed by atoms with Gasteiger partial charge in [0, 0.05) is 12.8 Å². The van der Waals surface area contributed by atoms with Crippen molar-refractivity contribution in [1.29, 1.82) is 0 Å². The highest BCUT2D eigenvalue weighted by Gasteiger charge is 2.38. The molecule has 1 atom stereocenters. The molecule has 1 aliphatic heterocycles. The van der Waals surface area contributed by atoms with Gasteiger partial charge in [-0.1, -0.05) is 0 Å². The van der Waals surface area contributed by atoms with Crippen molar-refractivity contribution in [2.24, 2.45) is 0 Å². The van der Waals surface area contributed by atoms with E-state index in [0.29, 0.717) is 12.8 Å². The highest BCUT2D eigenvalue weighted by atomic mass is 32.2. The molecule has 0 aromatic heterocycles. The van der Waals surface area contributed by atoms with Crippen LogP contribution in [0.3, 0.4) is 0 Å². The van der Waals surface area contributed by atoms with Crippen molar-refractivity contribution in [2.45, 2.75) is 42.0 Å². The molecule has 1 unspecified atom stereocenters. The molecule has 0 bridgehead atoms. The number of rotatable bonds is 5. The molecule has 2 rings (SSSR count). The Balaban J connectivity index is 2.35. The van der Waals surface area contributed by atoms with Crippen molar-refractivity contribution in [2.75, 3.05) is 19.4 Å². The van der Waals surface area contributed by atoms with Gasteiger partial charge < -0.3 is 4.74 Å². The third-order valence-electron chi connectivity index (χ3n) is 3.87. The van der Waals surface area contributed by atoms with Crippen molar-refractivity contribution >= 4 is 25.8 Å². The Labute approximate surface area is 142 Å². The highest BCUT2D eigenvalue weighted by molar-refractivity contribution is 7.90. The van der Waals surface area contributed by atoms with Crippen LogP contribution in [0.25, 0.3) is 0 Å². The Kier molecular flexibility index (Phi) is 5.67. The van der Waals surface area contributed by atoms with E-state index >= 15 is 0 Å². The van der Waals surface area contributed by atoms with E-state index < -0.39 is 31.9 Å². The van der Waals surface area contributed by atoms with E-state index in [-0.39, 0.29) is 22.9 Å². The van der Waals surface area contributed by atoms with Crippen LogP contribution in [0.5, 0.6) is 0 Å². The molecule has 134 valence electrons. The number of piperidine rings is 1. The largest absolute Gasteiger partial charge is 0.465 e. The number of benzene rings is 1. The minimum Gasteiger partial charge on any atom is -0.465 e. The molecular weight excluding hydrogens is 354 g/mol. The maximum Gasteiger partial charge on any atom is 0.324 e. The molecule has 0 spiro atoms. The maximum absolute atomic E-state index is 12.8. The van der Waals surface area contributed by atoms with Gasteiger partial charge in [-0.2, -0.15) is 4.31 Å². The average molecular weight is 375 g/mol. The standard InChI is InChI=1S/C15H21NO6S2/c1-3-22-15(17)14-6-4-5-11-16(14)24(20,21)13-9-7-12(8-10-13)23(2,18)19/h7-10,14H,3-6,11H2,1-2H3. The van der Waals surface area contributed by atoms with Crippen LogP contribution in [0.15, 0.2) is 34.1 Å². The van der Waals surface area contributed by atoms with Crippen molar-refractivity contribution in [1.82, 2.24) is 4.31 Å². The van der Waals surface area contributed by atoms with Crippen molar-refractivity contribution in [3.05, 3.63) is 24.3 Å². The Hall–Kier alpha value is -1.45. The minimum absolute atomic E-state index is 0.0360. The zero-order chi connectivity index (χ0) is 18.0. The van der Waals surface area contributed by atoms with Crippen LogP contribution in [-0.2, 0) is 29.4 Å². The summed E-state index contributed by atoms with van der Waals surface area (Å²) in [6.45, 7) is 2.09. The van der Waals surface area contributed by atoms with Gasteiger partial charge in [0.25, 0.3) is 0 Å². The average Bonchev–Trinajstić information content (AvgIpc) is 2.54. The fraction of sp³-hybridized carbons (Fsp3) is 0.533. The predicted octanol–water partition coefficient (Wildman–Crippen LogP) is 1.20. The van der Waals surface area contributed by atoms with E-state index in [1.54, 1.807) is 6.92 Å². The van der Waals surface area contributed by atoms with E-state index in [1.807, 2.05) is 0 Å². The summed E-state index contributed by atoms with van der Waals surface area (Å²) >= 11 is 0. The summed E-state index contributed by atoms with van der Waals surface area (Å²) in [6.07, 6.45) is 2.89. The lowest BCUT2D eigenvalue weighted by Crippen LogP contribution is -2.48. The lowest BCUT2D eigenvalue weighted by molar-refractivity contribution is -0.148. The van der Waals surface area contributed by atoms with Crippen LogP contribution in [0.1, 0.15) is 26.2 Å². The lowest BCUT2D eigenvalue weighted by atomic mass is 10.1. The number of sulfonamides is 1. The summed E-state index contributed by atoms with van der Waals surface area (Å²) in [4.78, 5) is 12.1. The summed E-state index contributed by atoms with van der Waals surface area (Å²) in [5.41, 5.74) is 0. The molecule has 1 aliphatic rings. The number of hydrogen-bond acceptors (Lipinski definition) is 6. The summed E-state index contributed by atoms with van der Waals surface area (Å²) in [7, 11) is -7.30. The molecule has 1 fully saturated rings. The number of carbonyl (C=O) groups excluding carboxylic acids is 1. The molecule has 9 heteroatoms. The first kappa shape index (κ1) is 18.9. The topological polar surface area (TPSA) is 97.8 Å². The summed E-state index contributed by atoms with van der Waals surface area (Å²) in [6, 6.07) is 4.18. The molecule has 0 saturated carbocycles. The number of hydrogen-bond donors (Lipinski definition) is 0. The molecule has 0 radical (unpaired) electrons. The highest BCUT2D eigenvalue weighted by Crippen LogP contribution is 2.26. The predicted molar refractivity (Wildman–Crippen MR) is 87.7 cm³/mol. The van der Waals surface area contributed by atoms with Gasteiger partial charge in [-0.05, 0) is 50.5 Å². The number of sulfone groups is 1. The van der Waals surface area contributed by atoms with E-state index in [4.69, 9.17) is 4.74 Å². The van der Waals surface area contributed by atoms with Crippen molar-refractivity contribution in [3.8, 4) is 0 Å². The van der Waals surface area contributed by atoms with Crippen molar-refractivity contribution in [3.63, 3.8) is 0 Å². The van der Waals surface area contributed by atoms with Crippen LogP contribution in [0.4, 0.5) is 0 Å². The van der Waals surface area contributed by atoms with Gasteiger partial charge in [0.1, 0.15) is 6.04 Å². The van der Waals surface area contributed by atoms with Crippen LogP contribution in [0.2, 0.25) is 0 Å². The minimum atomic E-state index is -3.90. The molecule has 0 aliphatic carbocycles. The first-order chi connectivity index (χ1) is 11.2. The summed E-state index contributed by atoms with van der Waals surface area (Å²) < 4.78 is 54.8. The normalized spacial score (nSPS) is 19.8. The number of ether oxygens (including phenoxy) is 1. The van der Waals surface area contributed by atoms with Gasteiger partial charge in [0.05, 0.1) is 16.4 Å². The first-order valence-electron chi connectivity index (χ1n) is 7.66. The number of carbonyl (C=O) groups is 1.